The Balaban J connectivity index is 2.32. The summed E-state index contributed by atoms with van der Waals surface area (Å²) < 4.78 is 0. The molecule has 0 spiro atoms. The van der Waals surface area contributed by atoms with Crippen molar-refractivity contribution in [1.29, 1.82) is 0 Å². The van der Waals surface area contributed by atoms with Gasteiger partial charge in [-0.05, 0) is 12.2 Å². The average molecular weight is 227 g/mol. The van der Waals surface area contributed by atoms with Gasteiger partial charge in [-0.15, -0.1) is 11.8 Å². The van der Waals surface area contributed by atoms with E-state index < -0.39 is 0 Å². The van der Waals surface area contributed by atoms with Crippen LogP contribution in [0.2, 0.25) is 0 Å². The number of rotatable bonds is 5. The fourth-order valence-electron chi connectivity index (χ4n) is 1.11. The van der Waals surface area contributed by atoms with Crippen LogP contribution in [0.5, 0.6) is 0 Å². The molecule has 0 aromatic carbocycles. The van der Waals surface area contributed by atoms with E-state index >= 15 is 0 Å². The predicted octanol–water partition coefficient (Wildman–Crippen LogP) is 1.73. The maximum Gasteiger partial charge on any atom is 0.230 e. The molecule has 0 aliphatic carbocycles. The monoisotopic (exact) mass is 227 g/mol. The SMILES string of the molecule is CC(C)SCC(=O)NC(C)c1ncc[nH]1. The molecule has 1 atom stereocenters. The molecule has 0 bridgehead atoms. The topological polar surface area (TPSA) is 57.8 Å². The maximum atomic E-state index is 11.5. The molecule has 1 aromatic rings. The summed E-state index contributed by atoms with van der Waals surface area (Å²) in [5.74, 6) is 1.35. The van der Waals surface area contributed by atoms with Crippen LogP contribution in [-0.2, 0) is 4.79 Å². The van der Waals surface area contributed by atoms with Gasteiger partial charge in [0.15, 0.2) is 0 Å². The summed E-state index contributed by atoms with van der Waals surface area (Å²) in [5, 5.41) is 3.37. The van der Waals surface area contributed by atoms with Crippen LogP contribution in [0.15, 0.2) is 12.4 Å². The first kappa shape index (κ1) is 12.1. The standard InChI is InChI=1S/C10H17N3OS/c1-7(2)15-6-9(14)13-8(3)10-11-4-5-12-10/h4-5,7-8H,6H2,1-3H3,(H,11,12)(H,13,14). The van der Waals surface area contributed by atoms with Gasteiger partial charge in [-0.25, -0.2) is 4.98 Å². The van der Waals surface area contributed by atoms with Crippen LogP contribution in [0.1, 0.15) is 32.6 Å². The molecular formula is C10H17N3OS. The van der Waals surface area contributed by atoms with Crippen molar-refractivity contribution in [2.75, 3.05) is 5.75 Å². The van der Waals surface area contributed by atoms with Crippen molar-refractivity contribution in [1.82, 2.24) is 15.3 Å². The lowest BCUT2D eigenvalue weighted by Crippen LogP contribution is -2.29. The van der Waals surface area contributed by atoms with Gasteiger partial charge in [-0.2, -0.15) is 0 Å². The third-order valence-corrected chi connectivity index (χ3v) is 2.95. The van der Waals surface area contributed by atoms with Crippen LogP contribution in [0.4, 0.5) is 0 Å². The third-order valence-electron chi connectivity index (χ3n) is 1.85. The van der Waals surface area contributed by atoms with Crippen LogP contribution < -0.4 is 5.32 Å². The number of amides is 1. The van der Waals surface area contributed by atoms with Crippen molar-refractivity contribution in [3.63, 3.8) is 0 Å². The minimum Gasteiger partial charge on any atom is -0.347 e. The van der Waals surface area contributed by atoms with E-state index in [9.17, 15) is 4.79 Å². The highest BCUT2D eigenvalue weighted by Gasteiger charge is 2.11. The van der Waals surface area contributed by atoms with Gasteiger partial charge in [0, 0.05) is 12.4 Å². The molecule has 4 nitrogen and oxygen atoms in total. The minimum atomic E-state index is -0.0553. The molecule has 0 saturated heterocycles. The first-order chi connectivity index (χ1) is 7.09. The van der Waals surface area contributed by atoms with E-state index in [1.54, 1.807) is 24.2 Å². The number of nitrogens with zero attached hydrogens (tertiary/aromatic N) is 1. The van der Waals surface area contributed by atoms with E-state index in [0.29, 0.717) is 11.0 Å². The van der Waals surface area contributed by atoms with Crippen LogP contribution >= 0.6 is 11.8 Å². The van der Waals surface area contributed by atoms with Gasteiger partial charge in [0.25, 0.3) is 0 Å². The Bertz CT molecular complexity index is 298. The molecule has 15 heavy (non-hydrogen) atoms. The van der Waals surface area contributed by atoms with Gasteiger partial charge in [0.1, 0.15) is 5.82 Å². The van der Waals surface area contributed by atoms with Crippen LogP contribution in [0.3, 0.4) is 0 Å². The number of carbonyl (C=O) groups excluding carboxylic acids is 1. The zero-order valence-electron chi connectivity index (χ0n) is 9.28. The molecule has 1 amide bonds. The quantitative estimate of drug-likeness (QED) is 0.805. The second-order valence-corrected chi connectivity index (χ2v) is 5.19. The number of aromatic amines is 1. The van der Waals surface area contributed by atoms with Crippen LogP contribution in [-0.4, -0.2) is 26.9 Å². The zero-order chi connectivity index (χ0) is 11.3. The smallest absolute Gasteiger partial charge is 0.230 e. The summed E-state index contributed by atoms with van der Waals surface area (Å²) in [7, 11) is 0. The zero-order valence-corrected chi connectivity index (χ0v) is 10.1. The lowest BCUT2D eigenvalue weighted by atomic mass is 10.3. The van der Waals surface area contributed by atoms with E-state index in [1.807, 2.05) is 6.92 Å². The van der Waals surface area contributed by atoms with Crippen molar-refractivity contribution in [2.45, 2.75) is 32.1 Å². The Kier molecular flexibility index (Phi) is 4.68. The highest BCUT2D eigenvalue weighted by Crippen LogP contribution is 2.10. The van der Waals surface area contributed by atoms with Gasteiger partial charge in [-0.3, -0.25) is 4.79 Å². The molecular weight excluding hydrogens is 210 g/mol. The average Bonchev–Trinajstić information content (AvgIpc) is 2.67. The maximum absolute atomic E-state index is 11.5. The lowest BCUT2D eigenvalue weighted by molar-refractivity contribution is -0.119. The summed E-state index contributed by atoms with van der Waals surface area (Å²) in [6, 6.07) is -0.0553. The van der Waals surface area contributed by atoms with Crippen molar-refractivity contribution in [2.24, 2.45) is 0 Å². The number of hydrogen-bond donors (Lipinski definition) is 2. The van der Waals surface area contributed by atoms with E-state index in [2.05, 4.69) is 29.1 Å². The van der Waals surface area contributed by atoms with Crippen LogP contribution in [0.25, 0.3) is 0 Å². The molecule has 84 valence electrons. The normalized spacial score (nSPS) is 12.8. The summed E-state index contributed by atoms with van der Waals surface area (Å²) in [5.41, 5.74) is 0. The summed E-state index contributed by atoms with van der Waals surface area (Å²) >= 11 is 1.64. The summed E-state index contributed by atoms with van der Waals surface area (Å²) in [6.07, 6.45) is 3.43. The number of imidazole rings is 1. The minimum absolute atomic E-state index is 0.0533. The van der Waals surface area contributed by atoms with Crippen molar-refractivity contribution in [3.8, 4) is 0 Å². The van der Waals surface area contributed by atoms with Gasteiger partial charge < -0.3 is 10.3 Å². The molecule has 0 aliphatic heterocycles. The predicted molar refractivity (Wildman–Crippen MR) is 62.7 cm³/mol. The summed E-state index contributed by atoms with van der Waals surface area (Å²) in [4.78, 5) is 18.5. The molecule has 0 radical (unpaired) electrons. The van der Waals surface area contributed by atoms with E-state index in [4.69, 9.17) is 0 Å². The number of H-pyrrole nitrogens is 1. The number of carbonyl (C=O) groups is 1. The third kappa shape index (κ3) is 4.38. The number of nitrogens with one attached hydrogen (secondary N) is 2. The first-order valence-corrected chi connectivity index (χ1v) is 6.04. The molecule has 0 saturated carbocycles. The number of aromatic nitrogens is 2. The second-order valence-electron chi connectivity index (χ2n) is 3.62. The van der Waals surface area contributed by atoms with Gasteiger partial charge >= 0.3 is 0 Å². The molecule has 0 aliphatic rings. The van der Waals surface area contributed by atoms with Crippen LogP contribution in [0, 0.1) is 0 Å². The Morgan fingerprint density at radius 3 is 2.87 bits per heavy atom. The first-order valence-electron chi connectivity index (χ1n) is 5.00. The van der Waals surface area contributed by atoms with E-state index in [0.717, 1.165) is 5.82 Å². The van der Waals surface area contributed by atoms with E-state index in [-0.39, 0.29) is 11.9 Å². The Hall–Kier alpha value is -0.970. The van der Waals surface area contributed by atoms with Crippen molar-refractivity contribution >= 4 is 17.7 Å². The highest BCUT2D eigenvalue weighted by atomic mass is 32.2. The molecule has 1 rings (SSSR count). The highest BCUT2D eigenvalue weighted by molar-refractivity contribution is 8.00. The fraction of sp³-hybridized carbons (Fsp3) is 0.600. The second kappa shape index (κ2) is 5.80. The van der Waals surface area contributed by atoms with Gasteiger partial charge in [-0.1, -0.05) is 13.8 Å². The molecule has 2 N–H and O–H groups in total. The molecule has 1 aromatic heterocycles. The Morgan fingerprint density at radius 2 is 2.33 bits per heavy atom. The van der Waals surface area contributed by atoms with Gasteiger partial charge in [0.2, 0.25) is 5.91 Å². The Labute approximate surface area is 94.2 Å². The van der Waals surface area contributed by atoms with Crippen molar-refractivity contribution in [3.05, 3.63) is 18.2 Å². The number of hydrogen-bond acceptors (Lipinski definition) is 3. The lowest BCUT2D eigenvalue weighted by Gasteiger charge is -2.11. The number of thioether (sulfide) groups is 1. The molecule has 1 heterocycles. The Morgan fingerprint density at radius 1 is 1.60 bits per heavy atom. The van der Waals surface area contributed by atoms with Gasteiger partial charge in [0.05, 0.1) is 11.8 Å². The fourth-order valence-corrected chi connectivity index (χ4v) is 1.68. The molecule has 0 fully saturated rings. The summed E-state index contributed by atoms with van der Waals surface area (Å²) in [6.45, 7) is 6.07. The molecule has 1 unspecified atom stereocenters. The van der Waals surface area contributed by atoms with E-state index in [1.165, 1.54) is 0 Å². The largest absolute Gasteiger partial charge is 0.347 e. The van der Waals surface area contributed by atoms with Crippen molar-refractivity contribution < 1.29 is 4.79 Å². The molecule has 5 heteroatoms.